The maximum atomic E-state index is 12.0. The first kappa shape index (κ1) is 14.8. The van der Waals surface area contributed by atoms with Crippen LogP contribution >= 0.6 is 11.6 Å². The molecule has 1 aliphatic rings. The summed E-state index contributed by atoms with van der Waals surface area (Å²) in [4.78, 5) is 24.5. The van der Waals surface area contributed by atoms with Crippen LogP contribution in [0, 0.1) is 5.92 Å². The van der Waals surface area contributed by atoms with Crippen LogP contribution in [-0.4, -0.2) is 40.1 Å². The molecule has 1 saturated heterocycles. The minimum Gasteiger partial charge on any atom is -0.481 e. The molecule has 2 rings (SSSR count). The average Bonchev–Trinajstić information content (AvgIpc) is 2.79. The predicted octanol–water partition coefficient (Wildman–Crippen LogP) is 1.70. The molecule has 1 aliphatic heterocycles. The second-order valence-corrected chi connectivity index (χ2v) is 5.30. The Balaban J connectivity index is 2.22. The normalized spacial score (nSPS) is 20.2. The first-order valence-electron chi connectivity index (χ1n) is 6.41. The topological polar surface area (TPSA) is 77.8 Å². The van der Waals surface area contributed by atoms with Crippen molar-refractivity contribution >= 4 is 23.5 Å². The molecule has 2 atom stereocenters. The van der Waals surface area contributed by atoms with Crippen molar-refractivity contribution in [3.63, 3.8) is 0 Å². The van der Waals surface area contributed by atoms with Crippen molar-refractivity contribution in [2.24, 2.45) is 5.92 Å². The third-order valence-corrected chi connectivity index (χ3v) is 3.79. The average molecular weight is 298 g/mol. The van der Waals surface area contributed by atoms with E-state index in [1.807, 2.05) is 0 Å². The van der Waals surface area contributed by atoms with Crippen LogP contribution in [0.25, 0.3) is 0 Å². The maximum absolute atomic E-state index is 12.0. The van der Waals surface area contributed by atoms with Gasteiger partial charge in [-0.25, -0.2) is 0 Å². The highest BCUT2D eigenvalue weighted by Crippen LogP contribution is 2.31. The van der Waals surface area contributed by atoms with Crippen LogP contribution in [0.5, 0.6) is 0 Å². The van der Waals surface area contributed by atoms with E-state index in [0.29, 0.717) is 11.4 Å². The summed E-state index contributed by atoms with van der Waals surface area (Å²) in [6.45, 7) is 0.107. The van der Waals surface area contributed by atoms with Gasteiger partial charge in [0.2, 0.25) is 5.91 Å². The number of carboxylic acids is 1. The number of aliphatic carboxylic acids is 1. The van der Waals surface area contributed by atoms with E-state index >= 15 is 0 Å². The van der Waals surface area contributed by atoms with Crippen molar-refractivity contribution in [1.82, 2.24) is 4.90 Å². The zero-order valence-electron chi connectivity index (χ0n) is 10.8. The van der Waals surface area contributed by atoms with E-state index in [4.69, 9.17) is 16.7 Å². The lowest BCUT2D eigenvalue weighted by Crippen LogP contribution is -2.31. The van der Waals surface area contributed by atoms with Crippen molar-refractivity contribution in [2.45, 2.75) is 18.9 Å². The molecule has 0 radical (unpaired) electrons. The predicted molar refractivity (Wildman–Crippen MR) is 73.4 cm³/mol. The van der Waals surface area contributed by atoms with E-state index < -0.39 is 11.9 Å². The number of amides is 1. The van der Waals surface area contributed by atoms with Gasteiger partial charge in [-0.1, -0.05) is 23.7 Å². The molecule has 5 nitrogen and oxygen atoms in total. The number of benzene rings is 1. The van der Waals surface area contributed by atoms with Gasteiger partial charge >= 0.3 is 5.97 Å². The largest absolute Gasteiger partial charge is 0.481 e. The number of rotatable bonds is 5. The van der Waals surface area contributed by atoms with Gasteiger partial charge in [0.05, 0.1) is 12.0 Å². The number of hydrogen-bond donors (Lipinski definition) is 2. The molecule has 0 aliphatic carbocycles. The molecule has 2 N–H and O–H groups in total. The van der Waals surface area contributed by atoms with Crippen molar-refractivity contribution in [3.8, 4) is 0 Å². The summed E-state index contributed by atoms with van der Waals surface area (Å²) in [5.74, 6) is -1.82. The lowest BCUT2D eigenvalue weighted by atomic mass is 10.0. The monoisotopic (exact) mass is 297 g/mol. The van der Waals surface area contributed by atoms with E-state index in [-0.39, 0.29) is 31.5 Å². The Morgan fingerprint density at radius 3 is 2.55 bits per heavy atom. The lowest BCUT2D eigenvalue weighted by molar-refractivity contribution is -0.141. The maximum Gasteiger partial charge on any atom is 0.308 e. The molecule has 1 aromatic carbocycles. The summed E-state index contributed by atoms with van der Waals surface area (Å²) in [6, 6.07) is 6.72. The molecule has 20 heavy (non-hydrogen) atoms. The Labute approximate surface area is 121 Å². The molecule has 1 fully saturated rings. The van der Waals surface area contributed by atoms with Crippen LogP contribution in [0.3, 0.4) is 0 Å². The van der Waals surface area contributed by atoms with Gasteiger partial charge in [-0.2, -0.15) is 0 Å². The van der Waals surface area contributed by atoms with Gasteiger partial charge < -0.3 is 15.1 Å². The van der Waals surface area contributed by atoms with E-state index in [0.717, 1.165) is 5.56 Å². The van der Waals surface area contributed by atoms with Crippen molar-refractivity contribution in [3.05, 3.63) is 34.9 Å². The summed E-state index contributed by atoms with van der Waals surface area (Å²) in [5, 5.41) is 18.8. The highest BCUT2D eigenvalue weighted by atomic mass is 35.5. The summed E-state index contributed by atoms with van der Waals surface area (Å²) in [7, 11) is 0. The smallest absolute Gasteiger partial charge is 0.308 e. The quantitative estimate of drug-likeness (QED) is 0.867. The summed E-state index contributed by atoms with van der Waals surface area (Å²) in [6.07, 6.45) is 0.393. The Kier molecular flexibility index (Phi) is 4.62. The molecular formula is C14H16ClNO4. The van der Waals surface area contributed by atoms with E-state index in [1.54, 1.807) is 24.3 Å². The Morgan fingerprint density at radius 1 is 1.40 bits per heavy atom. The van der Waals surface area contributed by atoms with Gasteiger partial charge in [-0.05, 0) is 24.1 Å². The molecule has 2 unspecified atom stereocenters. The first-order valence-corrected chi connectivity index (χ1v) is 6.79. The van der Waals surface area contributed by atoms with Gasteiger partial charge in [0.25, 0.3) is 0 Å². The molecule has 6 heteroatoms. The minimum atomic E-state index is -0.959. The molecule has 0 bridgehead atoms. The number of likely N-dealkylation sites (tertiary alicyclic amines) is 1. The van der Waals surface area contributed by atoms with Crippen molar-refractivity contribution < 1.29 is 19.8 Å². The molecule has 0 spiro atoms. The Hall–Kier alpha value is -1.59. The van der Waals surface area contributed by atoms with Gasteiger partial charge in [-0.15, -0.1) is 0 Å². The summed E-state index contributed by atoms with van der Waals surface area (Å²) >= 11 is 5.84. The number of carbonyl (C=O) groups excluding carboxylic acids is 1. The highest BCUT2D eigenvalue weighted by molar-refractivity contribution is 6.30. The van der Waals surface area contributed by atoms with Crippen LogP contribution in [0.2, 0.25) is 5.02 Å². The fraction of sp³-hybridized carbons (Fsp3) is 0.429. The molecule has 1 amide bonds. The molecule has 0 aromatic heterocycles. The van der Waals surface area contributed by atoms with Crippen LogP contribution in [-0.2, 0) is 9.59 Å². The third-order valence-electron chi connectivity index (χ3n) is 3.54. The number of halogens is 1. The molecular weight excluding hydrogens is 282 g/mol. The van der Waals surface area contributed by atoms with E-state index in [9.17, 15) is 14.7 Å². The fourth-order valence-electron chi connectivity index (χ4n) is 2.51. The zero-order valence-corrected chi connectivity index (χ0v) is 11.6. The van der Waals surface area contributed by atoms with Crippen LogP contribution in [0.15, 0.2) is 24.3 Å². The number of carbonyl (C=O) groups is 2. The van der Waals surface area contributed by atoms with Crippen LogP contribution in [0.1, 0.15) is 24.4 Å². The summed E-state index contributed by atoms with van der Waals surface area (Å²) < 4.78 is 0. The molecule has 1 aromatic rings. The number of nitrogens with zero attached hydrogens (tertiary/aromatic N) is 1. The van der Waals surface area contributed by atoms with E-state index in [2.05, 4.69) is 0 Å². The number of carboxylic acid groups (broad SMARTS) is 1. The first-order chi connectivity index (χ1) is 9.52. The molecule has 1 heterocycles. The Morgan fingerprint density at radius 2 is 2.05 bits per heavy atom. The SMILES string of the molecule is O=C(O)C1CC(=O)N(C(CCO)c2ccc(Cl)cc2)C1. The second-order valence-electron chi connectivity index (χ2n) is 4.87. The fourth-order valence-corrected chi connectivity index (χ4v) is 2.63. The number of hydrogen-bond acceptors (Lipinski definition) is 3. The van der Waals surface area contributed by atoms with Crippen LogP contribution < -0.4 is 0 Å². The van der Waals surface area contributed by atoms with Crippen molar-refractivity contribution in [1.29, 1.82) is 0 Å². The highest BCUT2D eigenvalue weighted by Gasteiger charge is 2.38. The van der Waals surface area contributed by atoms with Gasteiger partial charge in [0, 0.05) is 24.6 Å². The van der Waals surface area contributed by atoms with Crippen molar-refractivity contribution in [2.75, 3.05) is 13.2 Å². The zero-order chi connectivity index (χ0) is 14.7. The summed E-state index contributed by atoms with van der Waals surface area (Å²) in [5.41, 5.74) is 0.850. The third kappa shape index (κ3) is 3.11. The number of aliphatic hydroxyl groups excluding tert-OH is 1. The lowest BCUT2D eigenvalue weighted by Gasteiger charge is -2.28. The van der Waals surface area contributed by atoms with Gasteiger partial charge in [0.15, 0.2) is 0 Å². The standard InChI is InChI=1S/C14H16ClNO4/c15-11-3-1-9(2-4-11)12(5-6-17)16-8-10(14(19)20)7-13(16)18/h1-4,10,12,17H,5-8H2,(H,19,20). The second kappa shape index (κ2) is 6.24. The molecule has 0 saturated carbocycles. The van der Waals surface area contributed by atoms with E-state index in [1.165, 1.54) is 4.90 Å². The Bertz CT molecular complexity index is 502. The minimum absolute atomic E-state index is 0.0187. The van der Waals surface area contributed by atoms with Gasteiger partial charge in [-0.3, -0.25) is 9.59 Å². The number of aliphatic hydroxyl groups is 1. The van der Waals surface area contributed by atoms with Gasteiger partial charge in [0.1, 0.15) is 0 Å². The molecule has 108 valence electrons. The van der Waals surface area contributed by atoms with Crippen LogP contribution in [0.4, 0.5) is 0 Å².